The Bertz CT molecular complexity index is 339. The van der Waals surface area contributed by atoms with Crippen LogP contribution >= 0.6 is 15.9 Å². The summed E-state index contributed by atoms with van der Waals surface area (Å²) in [7, 11) is 0. The largest absolute Gasteiger partial charge is 0.384 e. The van der Waals surface area contributed by atoms with Crippen LogP contribution in [0.15, 0.2) is 22.7 Å². The fraction of sp³-hybridized carbons (Fsp3) is 0.455. The Kier molecular flexibility index (Phi) is 3.59. The van der Waals surface area contributed by atoms with E-state index >= 15 is 0 Å². The van der Waals surface area contributed by atoms with Crippen LogP contribution in [0.1, 0.15) is 6.42 Å². The fourth-order valence-corrected chi connectivity index (χ4v) is 2.12. The second-order valence-electron chi connectivity index (χ2n) is 3.73. The van der Waals surface area contributed by atoms with Gasteiger partial charge in [0.25, 0.3) is 0 Å². The summed E-state index contributed by atoms with van der Waals surface area (Å²) in [5, 5.41) is 3.29. The van der Waals surface area contributed by atoms with Crippen molar-refractivity contribution in [2.45, 2.75) is 6.42 Å². The van der Waals surface area contributed by atoms with Crippen LogP contribution in [-0.4, -0.2) is 19.8 Å². The third kappa shape index (κ3) is 2.92. The summed E-state index contributed by atoms with van der Waals surface area (Å²) in [6, 6.07) is 4.67. The average molecular weight is 274 g/mol. The zero-order chi connectivity index (χ0) is 10.7. The maximum atomic E-state index is 12.8. The number of benzene rings is 1. The second kappa shape index (κ2) is 4.94. The van der Waals surface area contributed by atoms with Crippen LogP contribution in [0.25, 0.3) is 0 Å². The van der Waals surface area contributed by atoms with E-state index in [1.54, 1.807) is 6.07 Å². The molecule has 1 aliphatic rings. The molecule has 4 heteroatoms. The molecule has 1 heterocycles. The zero-order valence-electron chi connectivity index (χ0n) is 8.30. The van der Waals surface area contributed by atoms with Crippen molar-refractivity contribution in [2.24, 2.45) is 5.92 Å². The predicted molar refractivity (Wildman–Crippen MR) is 61.5 cm³/mol. The van der Waals surface area contributed by atoms with Crippen LogP contribution in [0.3, 0.4) is 0 Å². The summed E-state index contributed by atoms with van der Waals surface area (Å²) in [5.41, 5.74) is 0.934. The van der Waals surface area contributed by atoms with Gasteiger partial charge in [-0.05, 0) is 40.5 Å². The van der Waals surface area contributed by atoms with Gasteiger partial charge < -0.3 is 10.1 Å². The molecular weight excluding hydrogens is 261 g/mol. The molecule has 1 unspecified atom stereocenters. The first-order chi connectivity index (χ1) is 7.25. The van der Waals surface area contributed by atoms with Gasteiger partial charge in [-0.2, -0.15) is 0 Å². The normalized spacial score (nSPS) is 20.5. The first kappa shape index (κ1) is 10.9. The van der Waals surface area contributed by atoms with E-state index in [1.807, 2.05) is 0 Å². The Morgan fingerprint density at radius 2 is 2.40 bits per heavy atom. The lowest BCUT2D eigenvalue weighted by molar-refractivity contribution is 0.187. The summed E-state index contributed by atoms with van der Waals surface area (Å²) in [5.74, 6) is 0.346. The molecule has 1 N–H and O–H groups in total. The van der Waals surface area contributed by atoms with Crippen LogP contribution in [0.2, 0.25) is 0 Å². The minimum atomic E-state index is -0.225. The molecule has 0 radical (unpaired) electrons. The molecule has 1 aromatic carbocycles. The first-order valence-corrected chi connectivity index (χ1v) is 5.81. The van der Waals surface area contributed by atoms with Gasteiger partial charge in [-0.1, -0.05) is 0 Å². The van der Waals surface area contributed by atoms with E-state index in [2.05, 4.69) is 21.2 Å². The summed E-state index contributed by atoms with van der Waals surface area (Å²) < 4.78 is 18.9. The first-order valence-electron chi connectivity index (χ1n) is 5.02. The molecule has 0 bridgehead atoms. The van der Waals surface area contributed by atoms with E-state index < -0.39 is 0 Å². The molecular formula is C11H13BrFNO. The topological polar surface area (TPSA) is 21.3 Å². The van der Waals surface area contributed by atoms with Crippen molar-refractivity contribution in [1.82, 2.24) is 0 Å². The van der Waals surface area contributed by atoms with Gasteiger partial charge in [-0.3, -0.25) is 0 Å². The van der Waals surface area contributed by atoms with Crippen LogP contribution in [0.5, 0.6) is 0 Å². The minimum Gasteiger partial charge on any atom is -0.384 e. The number of hydrogen-bond donors (Lipinski definition) is 1. The minimum absolute atomic E-state index is 0.225. The van der Waals surface area contributed by atoms with Crippen molar-refractivity contribution in [3.05, 3.63) is 28.5 Å². The lowest BCUT2D eigenvalue weighted by Crippen LogP contribution is -2.14. The predicted octanol–water partition coefficient (Wildman–Crippen LogP) is 3.04. The molecule has 1 fully saturated rings. The maximum absolute atomic E-state index is 12.8. The van der Waals surface area contributed by atoms with Crippen molar-refractivity contribution < 1.29 is 9.13 Å². The van der Waals surface area contributed by atoms with Gasteiger partial charge in [0.1, 0.15) is 5.82 Å². The molecule has 2 rings (SSSR count). The lowest BCUT2D eigenvalue weighted by Gasteiger charge is -2.12. The third-order valence-corrected chi connectivity index (χ3v) is 3.19. The van der Waals surface area contributed by atoms with Crippen molar-refractivity contribution in [3.8, 4) is 0 Å². The number of halogens is 2. The monoisotopic (exact) mass is 273 g/mol. The van der Waals surface area contributed by atoms with Crippen LogP contribution in [-0.2, 0) is 4.74 Å². The fourth-order valence-electron chi connectivity index (χ4n) is 1.63. The smallest absolute Gasteiger partial charge is 0.124 e. The molecule has 0 spiro atoms. The Morgan fingerprint density at radius 3 is 3.07 bits per heavy atom. The molecule has 15 heavy (non-hydrogen) atoms. The van der Waals surface area contributed by atoms with Crippen LogP contribution in [0.4, 0.5) is 10.1 Å². The molecule has 0 aliphatic carbocycles. The second-order valence-corrected chi connectivity index (χ2v) is 4.59. The van der Waals surface area contributed by atoms with Crippen molar-refractivity contribution in [3.63, 3.8) is 0 Å². The van der Waals surface area contributed by atoms with Crippen LogP contribution < -0.4 is 5.32 Å². The highest BCUT2D eigenvalue weighted by Gasteiger charge is 2.15. The van der Waals surface area contributed by atoms with E-state index in [0.717, 1.165) is 36.3 Å². The molecule has 1 saturated heterocycles. The standard InChI is InChI=1S/C11H13BrFNO/c12-10-5-9(13)1-2-11(10)14-6-8-3-4-15-7-8/h1-2,5,8,14H,3-4,6-7H2. The van der Waals surface area contributed by atoms with Crippen molar-refractivity contribution >= 4 is 21.6 Å². The Hall–Kier alpha value is -0.610. The van der Waals surface area contributed by atoms with Gasteiger partial charge in [0.15, 0.2) is 0 Å². The number of hydrogen-bond acceptors (Lipinski definition) is 2. The number of rotatable bonds is 3. The Balaban J connectivity index is 1.92. The number of anilines is 1. The SMILES string of the molecule is Fc1ccc(NCC2CCOC2)c(Br)c1. The molecule has 0 aromatic heterocycles. The zero-order valence-corrected chi connectivity index (χ0v) is 9.89. The van der Waals surface area contributed by atoms with Gasteiger partial charge in [0.2, 0.25) is 0 Å². The number of ether oxygens (including phenoxy) is 1. The molecule has 1 aromatic rings. The Morgan fingerprint density at radius 1 is 1.53 bits per heavy atom. The Labute approximate surface area is 96.9 Å². The van der Waals surface area contributed by atoms with E-state index in [1.165, 1.54) is 12.1 Å². The van der Waals surface area contributed by atoms with Gasteiger partial charge in [0.05, 0.1) is 6.61 Å². The van der Waals surface area contributed by atoms with Crippen molar-refractivity contribution in [1.29, 1.82) is 0 Å². The summed E-state index contributed by atoms with van der Waals surface area (Å²) in [6.45, 7) is 2.56. The van der Waals surface area contributed by atoms with E-state index in [9.17, 15) is 4.39 Å². The third-order valence-electron chi connectivity index (χ3n) is 2.54. The quantitative estimate of drug-likeness (QED) is 0.914. The molecule has 2 nitrogen and oxygen atoms in total. The van der Waals surface area contributed by atoms with Gasteiger partial charge in [0, 0.05) is 29.2 Å². The van der Waals surface area contributed by atoms with Crippen LogP contribution in [0, 0.1) is 11.7 Å². The van der Waals surface area contributed by atoms with E-state index in [-0.39, 0.29) is 5.82 Å². The highest BCUT2D eigenvalue weighted by atomic mass is 79.9. The van der Waals surface area contributed by atoms with E-state index in [0.29, 0.717) is 5.92 Å². The number of nitrogens with one attached hydrogen (secondary N) is 1. The maximum Gasteiger partial charge on any atom is 0.124 e. The lowest BCUT2D eigenvalue weighted by atomic mass is 10.1. The summed E-state index contributed by atoms with van der Waals surface area (Å²) >= 11 is 3.32. The van der Waals surface area contributed by atoms with Gasteiger partial charge >= 0.3 is 0 Å². The molecule has 1 atom stereocenters. The average Bonchev–Trinajstić information content (AvgIpc) is 2.69. The summed E-state index contributed by atoms with van der Waals surface area (Å²) in [6.07, 6.45) is 1.10. The molecule has 1 aliphatic heterocycles. The molecule has 82 valence electrons. The van der Waals surface area contributed by atoms with Gasteiger partial charge in [-0.25, -0.2) is 4.39 Å². The highest BCUT2D eigenvalue weighted by molar-refractivity contribution is 9.10. The molecule has 0 amide bonds. The summed E-state index contributed by atoms with van der Waals surface area (Å²) in [4.78, 5) is 0. The van der Waals surface area contributed by atoms with Gasteiger partial charge in [-0.15, -0.1) is 0 Å². The highest BCUT2D eigenvalue weighted by Crippen LogP contribution is 2.24. The van der Waals surface area contributed by atoms with E-state index in [4.69, 9.17) is 4.74 Å². The van der Waals surface area contributed by atoms with Crippen molar-refractivity contribution in [2.75, 3.05) is 25.1 Å². The molecule has 0 saturated carbocycles.